The predicted octanol–water partition coefficient (Wildman–Crippen LogP) is 3.46. The molecule has 3 aromatic rings. The quantitative estimate of drug-likeness (QED) is 0.721. The summed E-state index contributed by atoms with van der Waals surface area (Å²) in [6.45, 7) is 3.06. The Morgan fingerprint density at radius 3 is 2.95 bits per heavy atom. The van der Waals surface area contributed by atoms with E-state index in [2.05, 4.69) is 21.5 Å². The van der Waals surface area contributed by atoms with Crippen LogP contribution in [-0.2, 0) is 6.54 Å². The standard InChI is InChI=1S/C15H18N4O/c1-2-3-4-9-19-14(12-6-5-10-20-12)18-13-11(16)7-8-17-15(13)19/h5-8,10H,2-4,9H2,1H3,(H2,16,17). The van der Waals surface area contributed by atoms with Gasteiger partial charge >= 0.3 is 0 Å². The molecule has 0 atom stereocenters. The average molecular weight is 270 g/mol. The lowest BCUT2D eigenvalue weighted by Crippen LogP contribution is -2.01. The maximum absolute atomic E-state index is 6.00. The zero-order chi connectivity index (χ0) is 13.9. The van der Waals surface area contributed by atoms with Gasteiger partial charge in [-0.15, -0.1) is 0 Å². The van der Waals surface area contributed by atoms with E-state index in [1.54, 1.807) is 18.5 Å². The molecule has 0 unspecified atom stereocenters. The molecule has 0 aliphatic carbocycles. The first-order valence-corrected chi connectivity index (χ1v) is 6.96. The topological polar surface area (TPSA) is 69.9 Å². The van der Waals surface area contributed by atoms with Gasteiger partial charge in [0.15, 0.2) is 17.2 Å². The lowest BCUT2D eigenvalue weighted by molar-refractivity contribution is 0.560. The SMILES string of the molecule is CCCCCn1c(-c2ccco2)nc2c(N)ccnc21. The monoisotopic (exact) mass is 270 g/mol. The number of nitrogens with two attached hydrogens (primary N) is 1. The average Bonchev–Trinajstić information content (AvgIpc) is 3.07. The maximum atomic E-state index is 6.00. The molecular formula is C15H18N4O. The summed E-state index contributed by atoms with van der Waals surface area (Å²) in [6, 6.07) is 5.55. The van der Waals surface area contributed by atoms with Crippen LogP contribution in [0.5, 0.6) is 0 Å². The van der Waals surface area contributed by atoms with Crippen molar-refractivity contribution in [3.05, 3.63) is 30.7 Å². The van der Waals surface area contributed by atoms with Gasteiger partial charge in [0.1, 0.15) is 5.52 Å². The van der Waals surface area contributed by atoms with Crippen molar-refractivity contribution in [2.24, 2.45) is 0 Å². The Hall–Kier alpha value is -2.30. The van der Waals surface area contributed by atoms with Crippen LogP contribution in [0.25, 0.3) is 22.7 Å². The fourth-order valence-corrected chi connectivity index (χ4v) is 2.36. The van der Waals surface area contributed by atoms with E-state index < -0.39 is 0 Å². The number of nitrogens with zero attached hydrogens (tertiary/aromatic N) is 3. The van der Waals surface area contributed by atoms with Crippen LogP contribution in [0.2, 0.25) is 0 Å². The number of fused-ring (bicyclic) bond motifs is 1. The summed E-state index contributed by atoms with van der Waals surface area (Å²) in [6.07, 6.45) is 6.83. The smallest absolute Gasteiger partial charge is 0.178 e. The molecule has 0 fully saturated rings. The predicted molar refractivity (Wildman–Crippen MR) is 79.2 cm³/mol. The van der Waals surface area contributed by atoms with Gasteiger partial charge in [0.25, 0.3) is 0 Å². The second-order valence-electron chi connectivity index (χ2n) is 4.84. The highest BCUT2D eigenvalue weighted by Crippen LogP contribution is 2.27. The van der Waals surface area contributed by atoms with Crippen LogP contribution in [0.1, 0.15) is 26.2 Å². The number of anilines is 1. The Labute approximate surface area is 117 Å². The van der Waals surface area contributed by atoms with Crippen LogP contribution < -0.4 is 5.73 Å². The zero-order valence-corrected chi connectivity index (χ0v) is 11.5. The summed E-state index contributed by atoms with van der Waals surface area (Å²) in [5.41, 5.74) is 8.22. The Kier molecular flexibility index (Phi) is 3.41. The van der Waals surface area contributed by atoms with E-state index in [0.717, 1.165) is 35.7 Å². The number of hydrogen-bond acceptors (Lipinski definition) is 4. The van der Waals surface area contributed by atoms with Crippen molar-refractivity contribution in [1.82, 2.24) is 14.5 Å². The van der Waals surface area contributed by atoms with E-state index in [1.807, 2.05) is 12.1 Å². The number of aromatic nitrogens is 3. The van der Waals surface area contributed by atoms with Crippen molar-refractivity contribution in [1.29, 1.82) is 0 Å². The third kappa shape index (κ3) is 2.15. The number of hydrogen-bond donors (Lipinski definition) is 1. The maximum Gasteiger partial charge on any atom is 0.178 e. The molecule has 20 heavy (non-hydrogen) atoms. The minimum Gasteiger partial charge on any atom is -0.461 e. The highest BCUT2D eigenvalue weighted by atomic mass is 16.3. The van der Waals surface area contributed by atoms with Crippen LogP contribution in [0, 0.1) is 0 Å². The molecule has 0 amide bonds. The van der Waals surface area contributed by atoms with Crippen LogP contribution in [0.3, 0.4) is 0 Å². The van der Waals surface area contributed by atoms with Crippen molar-refractivity contribution in [2.45, 2.75) is 32.7 Å². The molecule has 0 saturated carbocycles. The second kappa shape index (κ2) is 5.36. The van der Waals surface area contributed by atoms with Gasteiger partial charge in [0.2, 0.25) is 0 Å². The number of nitrogen functional groups attached to an aromatic ring is 1. The fourth-order valence-electron chi connectivity index (χ4n) is 2.36. The van der Waals surface area contributed by atoms with E-state index in [-0.39, 0.29) is 0 Å². The number of aryl methyl sites for hydroxylation is 1. The molecule has 0 aliphatic rings. The molecule has 0 bridgehead atoms. The van der Waals surface area contributed by atoms with Crippen LogP contribution in [0.15, 0.2) is 35.1 Å². The van der Waals surface area contributed by atoms with Gasteiger partial charge in [-0.05, 0) is 24.6 Å². The first-order valence-electron chi connectivity index (χ1n) is 6.96. The number of rotatable bonds is 5. The normalized spacial score (nSPS) is 11.2. The van der Waals surface area contributed by atoms with Crippen molar-refractivity contribution >= 4 is 16.9 Å². The summed E-state index contributed by atoms with van der Waals surface area (Å²) in [7, 11) is 0. The van der Waals surface area contributed by atoms with Crippen molar-refractivity contribution in [2.75, 3.05) is 5.73 Å². The van der Waals surface area contributed by atoms with Gasteiger partial charge in [-0.25, -0.2) is 9.97 Å². The first-order chi connectivity index (χ1) is 9.81. The summed E-state index contributed by atoms with van der Waals surface area (Å²) in [5, 5.41) is 0. The molecule has 3 rings (SSSR count). The summed E-state index contributed by atoms with van der Waals surface area (Å²) in [4.78, 5) is 9.05. The largest absolute Gasteiger partial charge is 0.461 e. The highest BCUT2D eigenvalue weighted by Gasteiger charge is 2.16. The molecule has 0 aromatic carbocycles. The second-order valence-corrected chi connectivity index (χ2v) is 4.84. The molecular weight excluding hydrogens is 252 g/mol. The van der Waals surface area contributed by atoms with E-state index in [9.17, 15) is 0 Å². The number of furan rings is 1. The Bertz CT molecular complexity index is 700. The molecule has 5 nitrogen and oxygen atoms in total. The highest BCUT2D eigenvalue weighted by molar-refractivity contribution is 5.86. The summed E-state index contributed by atoms with van der Waals surface area (Å²) in [5.74, 6) is 1.55. The minimum atomic E-state index is 0.650. The third-order valence-electron chi connectivity index (χ3n) is 3.39. The third-order valence-corrected chi connectivity index (χ3v) is 3.39. The van der Waals surface area contributed by atoms with Gasteiger partial charge in [0, 0.05) is 12.7 Å². The van der Waals surface area contributed by atoms with E-state index in [4.69, 9.17) is 10.2 Å². The van der Waals surface area contributed by atoms with Crippen LogP contribution in [0.4, 0.5) is 5.69 Å². The lowest BCUT2D eigenvalue weighted by Gasteiger charge is -2.06. The van der Waals surface area contributed by atoms with E-state index >= 15 is 0 Å². The molecule has 0 spiro atoms. The molecule has 3 heterocycles. The fraction of sp³-hybridized carbons (Fsp3) is 0.333. The molecule has 2 N–H and O–H groups in total. The molecule has 3 aromatic heterocycles. The number of pyridine rings is 1. The van der Waals surface area contributed by atoms with Gasteiger partial charge < -0.3 is 14.7 Å². The minimum absolute atomic E-state index is 0.650. The van der Waals surface area contributed by atoms with Crippen molar-refractivity contribution in [3.8, 4) is 11.6 Å². The van der Waals surface area contributed by atoms with Crippen molar-refractivity contribution < 1.29 is 4.42 Å². The number of imidazole rings is 1. The van der Waals surface area contributed by atoms with E-state index in [1.165, 1.54) is 12.8 Å². The Morgan fingerprint density at radius 2 is 2.20 bits per heavy atom. The van der Waals surface area contributed by atoms with Crippen LogP contribution in [-0.4, -0.2) is 14.5 Å². The first kappa shape index (κ1) is 12.7. The van der Waals surface area contributed by atoms with E-state index in [0.29, 0.717) is 5.69 Å². The zero-order valence-electron chi connectivity index (χ0n) is 11.5. The molecule has 104 valence electrons. The molecule has 5 heteroatoms. The summed E-state index contributed by atoms with van der Waals surface area (Å²) < 4.78 is 7.58. The Morgan fingerprint density at radius 1 is 1.30 bits per heavy atom. The van der Waals surface area contributed by atoms with Crippen LogP contribution >= 0.6 is 0 Å². The molecule has 0 radical (unpaired) electrons. The number of unbranched alkanes of at least 4 members (excludes halogenated alkanes) is 2. The molecule has 0 saturated heterocycles. The molecule has 0 aliphatic heterocycles. The lowest BCUT2D eigenvalue weighted by atomic mass is 10.2. The summed E-state index contributed by atoms with van der Waals surface area (Å²) >= 11 is 0. The van der Waals surface area contributed by atoms with Crippen molar-refractivity contribution in [3.63, 3.8) is 0 Å². The Balaban J connectivity index is 2.12. The van der Waals surface area contributed by atoms with Gasteiger partial charge in [-0.2, -0.15) is 0 Å². The van der Waals surface area contributed by atoms with Gasteiger partial charge in [-0.1, -0.05) is 19.8 Å². The van der Waals surface area contributed by atoms with Gasteiger partial charge in [-0.3, -0.25) is 0 Å². The van der Waals surface area contributed by atoms with Gasteiger partial charge in [0.05, 0.1) is 12.0 Å².